The van der Waals surface area contributed by atoms with E-state index in [2.05, 4.69) is 37.5 Å². The molecule has 0 fully saturated rings. The summed E-state index contributed by atoms with van der Waals surface area (Å²) in [5.41, 5.74) is -1.05. The van der Waals surface area contributed by atoms with Crippen LogP contribution < -0.4 is 4.90 Å². The molecule has 1 rings (SSSR count). The van der Waals surface area contributed by atoms with Crippen LogP contribution in [0.1, 0.15) is 13.8 Å². The quantitative estimate of drug-likeness (QED) is 0.495. The van der Waals surface area contributed by atoms with Gasteiger partial charge in [-0.2, -0.15) is 15.0 Å². The van der Waals surface area contributed by atoms with Crippen molar-refractivity contribution >= 4 is 51.7 Å². The molecule has 8 heteroatoms. The van der Waals surface area contributed by atoms with Crippen molar-refractivity contribution < 1.29 is 5.11 Å². The summed E-state index contributed by atoms with van der Waals surface area (Å²) in [5.74, 6) is 0.272. The van der Waals surface area contributed by atoms with Gasteiger partial charge in [-0.05, 0) is 37.0 Å². The van der Waals surface area contributed by atoms with Crippen LogP contribution in [0, 0.1) is 0 Å². The second kappa shape index (κ2) is 5.61. The van der Waals surface area contributed by atoms with Gasteiger partial charge in [-0.3, -0.25) is 0 Å². The summed E-state index contributed by atoms with van der Waals surface area (Å²) in [6.07, 6.45) is 0. The van der Waals surface area contributed by atoms with Gasteiger partial charge < -0.3 is 10.0 Å². The van der Waals surface area contributed by atoms with Crippen LogP contribution in [-0.2, 0) is 0 Å². The lowest BCUT2D eigenvalue weighted by molar-refractivity contribution is 0.0833. The van der Waals surface area contributed by atoms with Crippen LogP contribution in [0.15, 0.2) is 0 Å². The molecule has 0 saturated heterocycles. The second-order valence-corrected chi connectivity index (χ2v) is 4.71. The van der Waals surface area contributed by atoms with E-state index in [0.29, 0.717) is 11.0 Å². The number of aromatic nitrogens is 3. The van der Waals surface area contributed by atoms with Crippen molar-refractivity contribution in [3.8, 4) is 0 Å². The van der Waals surface area contributed by atoms with Crippen LogP contribution >= 0.6 is 45.8 Å². The van der Waals surface area contributed by atoms with Crippen molar-refractivity contribution in [2.45, 2.75) is 19.6 Å². The number of alkyl halides is 1. The second-order valence-electron chi connectivity index (χ2n) is 3.27. The zero-order chi connectivity index (χ0) is 12.3. The molecule has 5 nitrogen and oxygen atoms in total. The molecular weight excluding hydrogens is 366 g/mol. The Bertz CT molecular complexity index is 357. The van der Waals surface area contributed by atoms with Gasteiger partial charge in [0.25, 0.3) is 0 Å². The van der Waals surface area contributed by atoms with Gasteiger partial charge in [0.1, 0.15) is 5.72 Å². The molecule has 1 atom stereocenters. The Morgan fingerprint density at radius 1 is 1.31 bits per heavy atom. The number of nitrogens with zero attached hydrogens (tertiary/aromatic N) is 4. The highest BCUT2D eigenvalue weighted by Gasteiger charge is 2.29. The first-order valence-electron chi connectivity index (χ1n) is 4.53. The molecule has 0 aromatic carbocycles. The minimum Gasteiger partial charge on any atom is -0.370 e. The number of rotatable bonds is 4. The van der Waals surface area contributed by atoms with E-state index in [9.17, 15) is 5.11 Å². The monoisotopic (exact) mass is 376 g/mol. The van der Waals surface area contributed by atoms with E-state index in [1.807, 2.05) is 6.92 Å². The maximum absolute atomic E-state index is 10.2. The molecule has 0 aliphatic rings. The molecule has 1 unspecified atom stereocenters. The van der Waals surface area contributed by atoms with E-state index in [4.69, 9.17) is 23.2 Å². The molecule has 0 aliphatic carbocycles. The molecule has 0 spiro atoms. The van der Waals surface area contributed by atoms with E-state index in [-0.39, 0.29) is 16.5 Å². The molecule has 1 aromatic rings. The molecule has 1 heterocycles. The number of aliphatic hydroxyl groups is 1. The van der Waals surface area contributed by atoms with E-state index >= 15 is 0 Å². The third-order valence-electron chi connectivity index (χ3n) is 1.96. The normalized spacial score (nSPS) is 14.6. The maximum atomic E-state index is 10.2. The topological polar surface area (TPSA) is 62.1 Å². The minimum atomic E-state index is -1.05. The standard InChI is InChI=1S/C8H11Cl2IN4O/c1-3-15(8(2,16)4-11)7-13-5(9)12-6(10)14-7/h16H,3-4H2,1-2H3. The van der Waals surface area contributed by atoms with E-state index in [1.54, 1.807) is 11.8 Å². The van der Waals surface area contributed by atoms with Crippen molar-refractivity contribution in [2.24, 2.45) is 0 Å². The summed E-state index contributed by atoms with van der Waals surface area (Å²) < 4.78 is 0.500. The lowest BCUT2D eigenvalue weighted by Crippen LogP contribution is -2.48. The average Bonchev–Trinajstić information content (AvgIpc) is 2.16. The van der Waals surface area contributed by atoms with Crippen LogP contribution in [0.2, 0.25) is 10.6 Å². The van der Waals surface area contributed by atoms with Crippen LogP contribution in [0.3, 0.4) is 0 Å². The Hall–Kier alpha value is 0.0800. The highest BCUT2D eigenvalue weighted by atomic mass is 127. The Kier molecular flexibility index (Phi) is 4.96. The zero-order valence-corrected chi connectivity index (χ0v) is 12.5. The lowest BCUT2D eigenvalue weighted by Gasteiger charge is -2.34. The first-order valence-corrected chi connectivity index (χ1v) is 6.82. The first-order chi connectivity index (χ1) is 7.40. The average molecular weight is 377 g/mol. The van der Waals surface area contributed by atoms with E-state index < -0.39 is 5.72 Å². The van der Waals surface area contributed by atoms with E-state index in [0.717, 1.165) is 0 Å². The Labute approximate surface area is 117 Å². The number of halogens is 3. The van der Waals surface area contributed by atoms with Crippen molar-refractivity contribution in [3.63, 3.8) is 0 Å². The Morgan fingerprint density at radius 3 is 2.19 bits per heavy atom. The number of hydrogen-bond donors (Lipinski definition) is 1. The third-order valence-corrected chi connectivity index (χ3v) is 3.74. The van der Waals surface area contributed by atoms with Crippen LogP contribution in [-0.4, -0.2) is 36.8 Å². The smallest absolute Gasteiger partial charge is 0.233 e. The van der Waals surface area contributed by atoms with Gasteiger partial charge in [0.15, 0.2) is 0 Å². The van der Waals surface area contributed by atoms with Gasteiger partial charge in [0, 0.05) is 11.0 Å². The number of hydrogen-bond acceptors (Lipinski definition) is 5. The summed E-state index contributed by atoms with van der Waals surface area (Å²) in [7, 11) is 0. The van der Waals surface area contributed by atoms with Crippen molar-refractivity contribution in [2.75, 3.05) is 15.9 Å². The molecule has 0 bridgehead atoms. The third kappa shape index (κ3) is 3.28. The van der Waals surface area contributed by atoms with Gasteiger partial charge in [0.2, 0.25) is 16.5 Å². The molecule has 0 amide bonds. The van der Waals surface area contributed by atoms with Crippen molar-refractivity contribution in [1.82, 2.24) is 15.0 Å². The molecule has 1 aromatic heterocycles. The highest BCUT2D eigenvalue weighted by molar-refractivity contribution is 14.1. The van der Waals surface area contributed by atoms with Gasteiger partial charge in [-0.1, -0.05) is 22.6 Å². The predicted molar refractivity (Wildman–Crippen MR) is 72.4 cm³/mol. The summed E-state index contributed by atoms with van der Waals surface area (Å²) in [4.78, 5) is 13.1. The summed E-state index contributed by atoms with van der Waals surface area (Å²) in [6, 6.07) is 0. The summed E-state index contributed by atoms with van der Waals surface area (Å²) in [6.45, 7) is 4.09. The number of anilines is 1. The fourth-order valence-electron chi connectivity index (χ4n) is 1.21. The molecule has 90 valence electrons. The zero-order valence-electron chi connectivity index (χ0n) is 8.78. The summed E-state index contributed by atoms with van der Waals surface area (Å²) in [5, 5.41) is 10.2. The van der Waals surface area contributed by atoms with Crippen molar-refractivity contribution in [3.05, 3.63) is 10.6 Å². The van der Waals surface area contributed by atoms with Crippen LogP contribution in [0.4, 0.5) is 5.95 Å². The minimum absolute atomic E-state index is 0.0118. The fourth-order valence-corrected chi connectivity index (χ4v) is 1.97. The molecular formula is C8H11Cl2IN4O. The van der Waals surface area contributed by atoms with E-state index in [1.165, 1.54) is 0 Å². The Balaban J connectivity index is 3.13. The SMILES string of the molecule is CCN(c1nc(Cl)nc(Cl)n1)C(C)(O)CI. The van der Waals surface area contributed by atoms with Gasteiger partial charge >= 0.3 is 0 Å². The molecule has 0 saturated carbocycles. The summed E-state index contributed by atoms with van der Waals surface area (Å²) >= 11 is 13.5. The fraction of sp³-hybridized carbons (Fsp3) is 0.625. The molecule has 0 aliphatic heterocycles. The van der Waals surface area contributed by atoms with Gasteiger partial charge in [-0.15, -0.1) is 0 Å². The lowest BCUT2D eigenvalue weighted by atomic mass is 10.2. The van der Waals surface area contributed by atoms with Crippen LogP contribution in [0.25, 0.3) is 0 Å². The molecule has 16 heavy (non-hydrogen) atoms. The predicted octanol–water partition coefficient (Wildman–Crippen LogP) is 2.15. The largest absolute Gasteiger partial charge is 0.370 e. The Morgan fingerprint density at radius 2 is 1.81 bits per heavy atom. The molecule has 1 N–H and O–H groups in total. The van der Waals surface area contributed by atoms with Crippen molar-refractivity contribution in [1.29, 1.82) is 0 Å². The van der Waals surface area contributed by atoms with Gasteiger partial charge in [0.05, 0.1) is 0 Å². The van der Waals surface area contributed by atoms with Crippen LogP contribution in [0.5, 0.6) is 0 Å². The first kappa shape index (κ1) is 14.1. The highest BCUT2D eigenvalue weighted by Crippen LogP contribution is 2.22. The molecule has 0 radical (unpaired) electrons. The maximum Gasteiger partial charge on any atom is 0.233 e. The van der Waals surface area contributed by atoms with Gasteiger partial charge in [-0.25, -0.2) is 0 Å².